The molecule has 0 unspecified atom stereocenters. The van der Waals surface area contributed by atoms with Crippen molar-refractivity contribution >= 4 is 11.6 Å². The second kappa shape index (κ2) is 5.88. The van der Waals surface area contributed by atoms with E-state index in [9.17, 15) is 0 Å². The predicted molar refractivity (Wildman–Crippen MR) is 74.6 cm³/mol. The van der Waals surface area contributed by atoms with Crippen LogP contribution in [0.4, 0.5) is 0 Å². The molecule has 2 rings (SSSR count). The Hall–Kier alpha value is -0.530. The molecule has 0 bridgehead atoms. The monoisotopic (exact) mass is 251 g/mol. The lowest BCUT2D eigenvalue weighted by Gasteiger charge is -2.36. The van der Waals surface area contributed by atoms with Gasteiger partial charge in [0.15, 0.2) is 0 Å². The summed E-state index contributed by atoms with van der Waals surface area (Å²) in [5.74, 6) is 0.735. The summed E-state index contributed by atoms with van der Waals surface area (Å²) < 4.78 is 0. The highest BCUT2D eigenvalue weighted by Gasteiger charge is 2.30. The normalized spacial score (nSPS) is 19.2. The summed E-state index contributed by atoms with van der Waals surface area (Å²) in [6.07, 6.45) is 6.44. The lowest BCUT2D eigenvalue weighted by atomic mass is 9.83. The van der Waals surface area contributed by atoms with E-state index in [1.54, 1.807) is 0 Å². The Morgan fingerprint density at radius 1 is 1.12 bits per heavy atom. The molecule has 94 valence electrons. The van der Waals surface area contributed by atoms with Crippen LogP contribution in [0.1, 0.15) is 43.2 Å². The Labute approximate surface area is 110 Å². The number of nitrogens with one attached hydrogen (secondary N) is 1. The fourth-order valence-corrected chi connectivity index (χ4v) is 2.94. The summed E-state index contributed by atoms with van der Waals surface area (Å²) in [5.41, 5.74) is 2.86. The van der Waals surface area contributed by atoms with E-state index in [0.717, 1.165) is 12.4 Å². The first-order chi connectivity index (χ1) is 8.24. The number of alkyl halides is 1. The predicted octanol–water partition coefficient (Wildman–Crippen LogP) is 4.03. The van der Waals surface area contributed by atoms with E-state index >= 15 is 0 Å². The molecule has 1 aromatic rings. The lowest BCUT2D eigenvalue weighted by molar-refractivity contribution is 0.256. The molecule has 0 heterocycles. The van der Waals surface area contributed by atoms with Gasteiger partial charge in [0.2, 0.25) is 0 Å². The molecule has 0 radical (unpaired) electrons. The minimum absolute atomic E-state index is 0.185. The molecule has 1 aromatic carbocycles. The fourth-order valence-electron chi connectivity index (χ4n) is 2.58. The van der Waals surface area contributed by atoms with Crippen LogP contribution >= 0.6 is 11.6 Å². The molecule has 1 fully saturated rings. The summed E-state index contributed by atoms with van der Waals surface area (Å²) >= 11 is 6.17. The SMILES string of the molecule is Cc1ccc(CNC2(CCl)CCCCC2)cc1. The van der Waals surface area contributed by atoms with E-state index in [2.05, 4.69) is 36.5 Å². The number of rotatable bonds is 4. The highest BCUT2D eigenvalue weighted by atomic mass is 35.5. The van der Waals surface area contributed by atoms with Crippen molar-refractivity contribution < 1.29 is 0 Å². The van der Waals surface area contributed by atoms with E-state index in [1.165, 1.54) is 43.2 Å². The van der Waals surface area contributed by atoms with Gasteiger partial charge in [-0.15, -0.1) is 11.6 Å². The minimum Gasteiger partial charge on any atom is -0.306 e. The first-order valence-electron chi connectivity index (χ1n) is 6.61. The van der Waals surface area contributed by atoms with Crippen molar-refractivity contribution in [3.63, 3.8) is 0 Å². The maximum atomic E-state index is 6.17. The molecule has 0 aliphatic heterocycles. The van der Waals surface area contributed by atoms with Crippen LogP contribution in [0.5, 0.6) is 0 Å². The first kappa shape index (κ1) is 12.9. The Kier molecular flexibility index (Phi) is 4.47. The van der Waals surface area contributed by atoms with Crippen molar-refractivity contribution in [2.45, 2.75) is 51.1 Å². The van der Waals surface area contributed by atoms with Gasteiger partial charge in [0, 0.05) is 18.0 Å². The van der Waals surface area contributed by atoms with Crippen LogP contribution in [0.15, 0.2) is 24.3 Å². The Bertz CT molecular complexity index is 338. The molecule has 17 heavy (non-hydrogen) atoms. The van der Waals surface area contributed by atoms with Gasteiger partial charge in [-0.25, -0.2) is 0 Å². The number of hydrogen-bond donors (Lipinski definition) is 1. The third kappa shape index (κ3) is 3.46. The number of aryl methyl sites for hydroxylation is 1. The van der Waals surface area contributed by atoms with Gasteiger partial charge in [-0.1, -0.05) is 49.1 Å². The highest BCUT2D eigenvalue weighted by molar-refractivity contribution is 6.18. The maximum absolute atomic E-state index is 6.17. The average Bonchev–Trinajstić information content (AvgIpc) is 2.39. The van der Waals surface area contributed by atoms with Crippen molar-refractivity contribution in [2.75, 3.05) is 5.88 Å². The zero-order chi connectivity index (χ0) is 12.1. The van der Waals surface area contributed by atoms with Gasteiger partial charge < -0.3 is 5.32 Å². The van der Waals surface area contributed by atoms with Gasteiger partial charge in [-0.2, -0.15) is 0 Å². The minimum atomic E-state index is 0.185. The maximum Gasteiger partial charge on any atom is 0.0406 e. The molecule has 0 saturated heterocycles. The van der Waals surface area contributed by atoms with Gasteiger partial charge >= 0.3 is 0 Å². The molecular weight excluding hydrogens is 230 g/mol. The van der Waals surface area contributed by atoms with E-state index in [4.69, 9.17) is 11.6 Å². The molecule has 1 aliphatic carbocycles. The number of benzene rings is 1. The zero-order valence-corrected chi connectivity index (χ0v) is 11.4. The molecule has 1 nitrogen and oxygen atoms in total. The van der Waals surface area contributed by atoms with Crippen LogP contribution in [-0.4, -0.2) is 11.4 Å². The Morgan fingerprint density at radius 3 is 2.35 bits per heavy atom. The molecule has 1 saturated carbocycles. The molecule has 0 atom stereocenters. The van der Waals surface area contributed by atoms with Crippen LogP contribution in [0.25, 0.3) is 0 Å². The topological polar surface area (TPSA) is 12.0 Å². The van der Waals surface area contributed by atoms with E-state index in [1.807, 2.05) is 0 Å². The molecule has 0 amide bonds. The molecule has 1 N–H and O–H groups in total. The van der Waals surface area contributed by atoms with Crippen molar-refractivity contribution in [1.29, 1.82) is 0 Å². The Morgan fingerprint density at radius 2 is 1.76 bits per heavy atom. The summed E-state index contributed by atoms with van der Waals surface area (Å²) in [6, 6.07) is 8.75. The van der Waals surface area contributed by atoms with E-state index in [-0.39, 0.29) is 5.54 Å². The molecule has 1 aliphatic rings. The van der Waals surface area contributed by atoms with Crippen LogP contribution in [0.3, 0.4) is 0 Å². The van der Waals surface area contributed by atoms with Gasteiger partial charge in [-0.05, 0) is 25.3 Å². The summed E-state index contributed by atoms with van der Waals surface area (Å²) in [7, 11) is 0. The number of hydrogen-bond acceptors (Lipinski definition) is 1. The summed E-state index contributed by atoms with van der Waals surface area (Å²) in [5, 5.41) is 3.69. The van der Waals surface area contributed by atoms with Crippen molar-refractivity contribution in [2.24, 2.45) is 0 Å². The lowest BCUT2D eigenvalue weighted by Crippen LogP contribution is -2.48. The van der Waals surface area contributed by atoms with E-state index in [0.29, 0.717) is 0 Å². The van der Waals surface area contributed by atoms with Crippen molar-refractivity contribution in [3.8, 4) is 0 Å². The van der Waals surface area contributed by atoms with Crippen molar-refractivity contribution in [3.05, 3.63) is 35.4 Å². The molecule has 0 spiro atoms. The van der Waals surface area contributed by atoms with Crippen LogP contribution in [-0.2, 0) is 6.54 Å². The van der Waals surface area contributed by atoms with Gasteiger partial charge in [0.05, 0.1) is 0 Å². The largest absolute Gasteiger partial charge is 0.306 e. The zero-order valence-electron chi connectivity index (χ0n) is 10.6. The van der Waals surface area contributed by atoms with Gasteiger partial charge in [0.1, 0.15) is 0 Å². The summed E-state index contributed by atoms with van der Waals surface area (Å²) in [6.45, 7) is 3.06. The third-order valence-corrected chi connectivity index (χ3v) is 4.37. The molecular formula is C15H22ClN. The van der Waals surface area contributed by atoms with Crippen molar-refractivity contribution in [1.82, 2.24) is 5.32 Å². The second-order valence-electron chi connectivity index (χ2n) is 5.31. The van der Waals surface area contributed by atoms with Gasteiger partial charge in [0.25, 0.3) is 0 Å². The van der Waals surface area contributed by atoms with Gasteiger partial charge in [-0.3, -0.25) is 0 Å². The van der Waals surface area contributed by atoms with Crippen LogP contribution < -0.4 is 5.32 Å². The number of halogens is 1. The standard InChI is InChI=1S/C15H22ClN/c1-13-5-7-14(8-6-13)11-17-15(12-16)9-3-2-4-10-15/h5-8,17H,2-4,9-12H2,1H3. The molecule has 0 aromatic heterocycles. The first-order valence-corrected chi connectivity index (χ1v) is 7.14. The molecule has 2 heteroatoms. The van der Waals surface area contributed by atoms with E-state index < -0.39 is 0 Å². The van der Waals surface area contributed by atoms with Crippen LogP contribution in [0, 0.1) is 6.92 Å². The smallest absolute Gasteiger partial charge is 0.0406 e. The average molecular weight is 252 g/mol. The fraction of sp³-hybridized carbons (Fsp3) is 0.600. The summed E-state index contributed by atoms with van der Waals surface area (Å²) in [4.78, 5) is 0. The quantitative estimate of drug-likeness (QED) is 0.797. The highest BCUT2D eigenvalue weighted by Crippen LogP contribution is 2.29. The Balaban J connectivity index is 1.93. The van der Waals surface area contributed by atoms with Crippen LogP contribution in [0.2, 0.25) is 0 Å². The third-order valence-electron chi connectivity index (χ3n) is 3.85. The second-order valence-corrected chi connectivity index (χ2v) is 5.58.